The standard InChI is InChI=1S/C35H62O29S/c1-16(40)22(41)30(18(11-37)56-15-57-29-19(12-38)58-33(48)26(45)25(29)44)62-35-32(28(47)31(20(13-39)60-35)61-34-27(46)24(43)23(42)17(10-36)59-34)64-65(49,50)63-21-14-54-7-6-52-3-2-51-4-5-53-8-9-55-21/h17-48H,1-15H2/t17?,18?,19?,20?,21?,22?,23-,24?,25?,26+,27+,28?,29-,30-,31-,32+,33-,34+,35+/m1/s1. The molecule has 9 unspecified atom stereocenters. The zero-order valence-electron chi connectivity index (χ0n) is 34.8. The van der Waals surface area contributed by atoms with Crippen molar-refractivity contribution in [3.63, 3.8) is 0 Å². The zero-order valence-corrected chi connectivity index (χ0v) is 35.6. The van der Waals surface area contributed by atoms with Crippen molar-refractivity contribution in [2.45, 2.75) is 117 Å². The zero-order chi connectivity index (χ0) is 47.8. The van der Waals surface area contributed by atoms with Gasteiger partial charge in [-0.2, -0.15) is 8.42 Å². The summed E-state index contributed by atoms with van der Waals surface area (Å²) in [7, 11) is -5.44. The van der Waals surface area contributed by atoms with E-state index in [4.69, 9.17) is 65.2 Å². The van der Waals surface area contributed by atoms with Gasteiger partial charge in [0.05, 0.1) is 85.9 Å². The average molecular weight is 979 g/mol. The Morgan fingerprint density at radius 3 is 1.78 bits per heavy atom. The third-order valence-corrected chi connectivity index (χ3v) is 11.1. The van der Waals surface area contributed by atoms with Crippen LogP contribution in [0.1, 0.15) is 0 Å². The van der Waals surface area contributed by atoms with E-state index in [1.807, 2.05) is 0 Å². The molecule has 0 amide bonds. The summed E-state index contributed by atoms with van der Waals surface area (Å²) in [5.74, 6) is -1.04. The molecular formula is C35H62O29S. The quantitative estimate of drug-likeness (QED) is 0.0422. The molecular weight excluding hydrogens is 916 g/mol. The molecule has 0 aromatic carbocycles. The van der Waals surface area contributed by atoms with Crippen molar-refractivity contribution in [1.82, 2.24) is 0 Å². The lowest BCUT2D eigenvalue weighted by atomic mass is 9.96. The van der Waals surface area contributed by atoms with Crippen LogP contribution in [0.15, 0.2) is 12.3 Å². The molecule has 13 N–H and O–H groups in total. The second-order valence-corrected chi connectivity index (χ2v) is 15.9. The molecule has 4 fully saturated rings. The third-order valence-electron chi connectivity index (χ3n) is 10.2. The van der Waals surface area contributed by atoms with Gasteiger partial charge in [-0.05, 0) is 0 Å². The average Bonchev–Trinajstić information content (AvgIpc) is 3.29. The first-order valence-electron chi connectivity index (χ1n) is 20.3. The fraction of sp³-hybridized carbons (Fsp3) is 0.943. The smallest absolute Gasteiger partial charge is 0.403 e. The molecule has 0 bridgehead atoms. The first-order chi connectivity index (χ1) is 31.0. The Labute approximate surface area is 371 Å². The molecule has 4 rings (SSSR count). The molecule has 0 radical (unpaired) electrons. The van der Waals surface area contributed by atoms with Gasteiger partial charge in [0.15, 0.2) is 25.0 Å². The molecule has 4 heterocycles. The Balaban J connectivity index is 1.62. The summed E-state index contributed by atoms with van der Waals surface area (Å²) in [6.45, 7) is -1.69. The monoisotopic (exact) mass is 978 g/mol. The van der Waals surface area contributed by atoms with E-state index in [9.17, 15) is 74.8 Å². The summed E-state index contributed by atoms with van der Waals surface area (Å²) in [4.78, 5) is 0. The second kappa shape index (κ2) is 27.6. The Morgan fingerprint density at radius 1 is 0.631 bits per heavy atom. The normalized spacial score (nSPS) is 39.1. The molecule has 0 aromatic rings. The summed E-state index contributed by atoms with van der Waals surface area (Å²) in [5.41, 5.74) is 0. The van der Waals surface area contributed by atoms with Crippen molar-refractivity contribution in [3.05, 3.63) is 12.3 Å². The van der Waals surface area contributed by atoms with Crippen LogP contribution < -0.4 is 0 Å². The minimum Gasteiger partial charge on any atom is -0.510 e. The summed E-state index contributed by atoms with van der Waals surface area (Å²) in [6, 6.07) is 0. The van der Waals surface area contributed by atoms with E-state index in [1.165, 1.54) is 0 Å². The van der Waals surface area contributed by atoms with Crippen molar-refractivity contribution in [3.8, 4) is 0 Å². The number of hydrogen-bond acceptors (Lipinski definition) is 29. The summed E-state index contributed by atoms with van der Waals surface area (Å²) >= 11 is 0. The van der Waals surface area contributed by atoms with Crippen LogP contribution in [0.5, 0.6) is 0 Å². The Morgan fingerprint density at radius 2 is 1.20 bits per heavy atom. The highest BCUT2D eigenvalue weighted by molar-refractivity contribution is 7.81. The lowest BCUT2D eigenvalue weighted by Crippen LogP contribution is -2.66. The van der Waals surface area contributed by atoms with Crippen LogP contribution in [0, 0.1) is 0 Å². The van der Waals surface area contributed by atoms with E-state index in [-0.39, 0.29) is 52.9 Å². The molecule has 4 aliphatic rings. The third kappa shape index (κ3) is 16.0. The minimum absolute atomic E-state index is 0.0631. The highest BCUT2D eigenvalue weighted by Gasteiger charge is 2.54. The number of aliphatic hydroxyl groups is 13. The van der Waals surface area contributed by atoms with Gasteiger partial charge < -0.3 is 123 Å². The fourth-order valence-electron chi connectivity index (χ4n) is 6.67. The predicted molar refractivity (Wildman–Crippen MR) is 203 cm³/mol. The topological polar surface area (TPSA) is 426 Å². The van der Waals surface area contributed by atoms with Gasteiger partial charge in [-0.1, -0.05) is 6.58 Å². The molecule has 4 aliphatic heterocycles. The van der Waals surface area contributed by atoms with Gasteiger partial charge in [-0.15, -0.1) is 0 Å². The van der Waals surface area contributed by atoms with Crippen molar-refractivity contribution in [1.29, 1.82) is 0 Å². The first-order valence-corrected chi connectivity index (χ1v) is 21.6. The van der Waals surface area contributed by atoms with E-state index in [0.29, 0.717) is 0 Å². The molecule has 65 heavy (non-hydrogen) atoms. The van der Waals surface area contributed by atoms with Crippen molar-refractivity contribution in [2.75, 3.05) is 92.7 Å². The molecule has 30 heteroatoms. The maximum absolute atomic E-state index is 13.7. The maximum Gasteiger partial charge on any atom is 0.403 e. The number of rotatable bonds is 19. The van der Waals surface area contributed by atoms with Gasteiger partial charge in [-0.3, -0.25) is 0 Å². The van der Waals surface area contributed by atoms with Crippen molar-refractivity contribution in [2.24, 2.45) is 0 Å². The summed E-state index contributed by atoms with van der Waals surface area (Å²) in [5, 5.41) is 135. The van der Waals surface area contributed by atoms with Gasteiger partial charge in [-0.25, -0.2) is 8.37 Å². The number of aliphatic hydroxyl groups excluding tert-OH is 13. The van der Waals surface area contributed by atoms with Crippen molar-refractivity contribution >= 4 is 10.4 Å². The second-order valence-electron chi connectivity index (χ2n) is 14.7. The van der Waals surface area contributed by atoms with E-state index >= 15 is 0 Å². The molecule has 0 aliphatic carbocycles. The molecule has 0 aromatic heterocycles. The van der Waals surface area contributed by atoms with Crippen LogP contribution in [0.4, 0.5) is 0 Å². The summed E-state index contributed by atoms with van der Waals surface area (Å²) in [6.07, 6.45) is -37.1. The van der Waals surface area contributed by atoms with E-state index in [0.717, 1.165) is 0 Å². The lowest BCUT2D eigenvalue weighted by Gasteiger charge is -2.47. The van der Waals surface area contributed by atoms with Gasteiger partial charge in [0.25, 0.3) is 0 Å². The highest BCUT2D eigenvalue weighted by Crippen LogP contribution is 2.34. The largest absolute Gasteiger partial charge is 0.510 e. The molecule has 4 saturated heterocycles. The Hall–Kier alpha value is -1.55. The lowest BCUT2D eigenvalue weighted by molar-refractivity contribution is -0.366. The summed E-state index contributed by atoms with van der Waals surface area (Å²) < 4.78 is 103. The number of hydrogen-bond donors (Lipinski definition) is 13. The van der Waals surface area contributed by atoms with E-state index in [2.05, 4.69) is 6.58 Å². The minimum atomic E-state index is -5.44. The number of ether oxygens (including phenoxy) is 12. The van der Waals surface area contributed by atoms with Crippen LogP contribution in [-0.2, 0) is 75.6 Å². The molecule has 0 spiro atoms. The van der Waals surface area contributed by atoms with Crippen LogP contribution in [0.2, 0.25) is 0 Å². The van der Waals surface area contributed by atoms with Gasteiger partial charge in [0.2, 0.25) is 6.29 Å². The predicted octanol–water partition coefficient (Wildman–Crippen LogP) is -8.71. The van der Waals surface area contributed by atoms with Gasteiger partial charge in [0, 0.05) is 0 Å². The molecule has 29 nitrogen and oxygen atoms in total. The van der Waals surface area contributed by atoms with Crippen LogP contribution in [0.3, 0.4) is 0 Å². The van der Waals surface area contributed by atoms with Crippen LogP contribution in [-0.4, -0.2) is 284 Å². The maximum atomic E-state index is 13.7. The van der Waals surface area contributed by atoms with E-state index < -0.39 is 173 Å². The highest BCUT2D eigenvalue weighted by atomic mass is 32.3. The van der Waals surface area contributed by atoms with Gasteiger partial charge >= 0.3 is 10.4 Å². The Kier molecular flexibility index (Phi) is 23.8. The van der Waals surface area contributed by atoms with Gasteiger partial charge in [0.1, 0.15) is 98.0 Å². The molecule has 19 atom stereocenters. The fourth-order valence-corrected chi connectivity index (χ4v) is 7.56. The SMILES string of the molecule is C=C(O)C(O)[C@H](O[C@@H]1OC(CO)[C@@H](O[C@@H]2OC(CO)[C@@H](O)C(O)[C@@H]2O)C(O)[C@@H]1OS(=O)(=O)OC1COCCOCCOCCOCCO1)C(CO)OCO[C@@H]1C(CO)O[C@@H](O)[C@@H](O)C1O. The van der Waals surface area contributed by atoms with E-state index in [1.54, 1.807) is 0 Å². The van der Waals surface area contributed by atoms with Crippen LogP contribution in [0.25, 0.3) is 0 Å². The molecule has 382 valence electrons. The molecule has 0 saturated carbocycles. The first kappa shape index (κ1) is 56.0. The van der Waals surface area contributed by atoms with Crippen molar-refractivity contribution < 1.29 is 140 Å². The van der Waals surface area contributed by atoms with Crippen LogP contribution >= 0.6 is 0 Å². The Bertz CT molecular complexity index is 1450.